The summed E-state index contributed by atoms with van der Waals surface area (Å²) in [5.41, 5.74) is 1.89. The van der Waals surface area contributed by atoms with Crippen molar-refractivity contribution in [2.24, 2.45) is 9.98 Å². The van der Waals surface area contributed by atoms with E-state index in [0.717, 1.165) is 24.3 Å². The van der Waals surface area contributed by atoms with Crippen molar-refractivity contribution in [2.45, 2.75) is 39.2 Å². The fourth-order valence-corrected chi connectivity index (χ4v) is 1.38. The lowest BCUT2D eigenvalue weighted by atomic mass is 10.2. The molecular weight excluding hydrogens is 164 g/mol. The number of hydrogen-bond donors (Lipinski definition) is 0. The van der Waals surface area contributed by atoms with Crippen molar-refractivity contribution in [3.63, 3.8) is 0 Å². The van der Waals surface area contributed by atoms with Gasteiger partial charge in [-0.2, -0.15) is 9.98 Å². The van der Waals surface area contributed by atoms with Crippen LogP contribution in [0.15, 0.2) is 21.8 Å². The molecule has 2 rings (SSSR count). The molecule has 0 bridgehead atoms. The maximum atomic E-state index is 5.56. The van der Waals surface area contributed by atoms with E-state index in [2.05, 4.69) is 16.1 Å². The summed E-state index contributed by atoms with van der Waals surface area (Å²) >= 11 is 0. The number of amidine groups is 1. The first-order chi connectivity index (χ1) is 6.04. The van der Waals surface area contributed by atoms with E-state index in [-0.39, 0.29) is 5.60 Å². The minimum atomic E-state index is -0.206. The second-order valence-corrected chi connectivity index (χ2v) is 4.30. The molecular formula is C10H14N2O. The van der Waals surface area contributed by atoms with Crippen LogP contribution in [0.1, 0.15) is 33.6 Å². The summed E-state index contributed by atoms with van der Waals surface area (Å²) in [7, 11) is 0. The van der Waals surface area contributed by atoms with Gasteiger partial charge in [0.1, 0.15) is 5.60 Å². The molecule has 1 aliphatic heterocycles. The predicted octanol–water partition coefficient (Wildman–Crippen LogP) is 2.29. The zero-order valence-electron chi connectivity index (χ0n) is 8.29. The van der Waals surface area contributed by atoms with E-state index in [1.54, 1.807) is 0 Å². The SMILES string of the molecule is CC(C)(C)OC1=NC2=CCCC2=N1. The minimum absolute atomic E-state index is 0.206. The van der Waals surface area contributed by atoms with Gasteiger partial charge in [-0.05, 0) is 33.6 Å². The molecule has 3 heteroatoms. The summed E-state index contributed by atoms with van der Waals surface area (Å²) in [5, 5.41) is 0. The van der Waals surface area contributed by atoms with Crippen molar-refractivity contribution in [1.29, 1.82) is 0 Å². The van der Waals surface area contributed by atoms with Crippen LogP contribution in [-0.2, 0) is 4.74 Å². The Morgan fingerprint density at radius 1 is 1.31 bits per heavy atom. The van der Waals surface area contributed by atoms with Gasteiger partial charge in [-0.25, -0.2) is 0 Å². The maximum Gasteiger partial charge on any atom is 0.317 e. The van der Waals surface area contributed by atoms with Gasteiger partial charge in [-0.3, -0.25) is 0 Å². The van der Waals surface area contributed by atoms with E-state index < -0.39 is 0 Å². The van der Waals surface area contributed by atoms with E-state index in [4.69, 9.17) is 4.74 Å². The van der Waals surface area contributed by atoms with Crippen molar-refractivity contribution < 1.29 is 4.74 Å². The summed E-state index contributed by atoms with van der Waals surface area (Å²) in [6.45, 7) is 5.99. The van der Waals surface area contributed by atoms with Crippen LogP contribution in [0, 0.1) is 0 Å². The van der Waals surface area contributed by atoms with Gasteiger partial charge >= 0.3 is 6.02 Å². The number of nitrogens with zero attached hydrogens (tertiary/aromatic N) is 2. The molecule has 1 aliphatic carbocycles. The van der Waals surface area contributed by atoms with Crippen LogP contribution in [0.2, 0.25) is 0 Å². The highest BCUT2D eigenvalue weighted by Gasteiger charge is 2.23. The molecule has 3 nitrogen and oxygen atoms in total. The second-order valence-electron chi connectivity index (χ2n) is 4.30. The number of fused-ring (bicyclic) bond motifs is 1. The van der Waals surface area contributed by atoms with E-state index in [0.29, 0.717) is 6.02 Å². The summed E-state index contributed by atoms with van der Waals surface area (Å²) in [6.07, 6.45) is 4.19. The summed E-state index contributed by atoms with van der Waals surface area (Å²) in [4.78, 5) is 8.60. The normalized spacial score (nSPS) is 20.7. The largest absolute Gasteiger partial charge is 0.458 e. The van der Waals surface area contributed by atoms with Crippen molar-refractivity contribution in [2.75, 3.05) is 0 Å². The van der Waals surface area contributed by atoms with E-state index in [9.17, 15) is 0 Å². The first-order valence-electron chi connectivity index (χ1n) is 4.60. The van der Waals surface area contributed by atoms with E-state index in [1.165, 1.54) is 0 Å². The van der Waals surface area contributed by atoms with Crippen LogP contribution >= 0.6 is 0 Å². The Morgan fingerprint density at radius 2 is 2.08 bits per heavy atom. The Labute approximate surface area is 78.2 Å². The highest BCUT2D eigenvalue weighted by atomic mass is 16.5. The van der Waals surface area contributed by atoms with Gasteiger partial charge in [0, 0.05) is 0 Å². The van der Waals surface area contributed by atoms with Gasteiger partial charge < -0.3 is 4.74 Å². The lowest BCUT2D eigenvalue weighted by molar-refractivity contribution is 0.115. The Morgan fingerprint density at radius 3 is 2.69 bits per heavy atom. The van der Waals surface area contributed by atoms with Crippen molar-refractivity contribution >= 4 is 11.7 Å². The quantitative estimate of drug-likeness (QED) is 0.560. The molecule has 0 spiro atoms. The van der Waals surface area contributed by atoms with Crippen LogP contribution in [-0.4, -0.2) is 17.3 Å². The molecule has 1 heterocycles. The number of aliphatic imine (C=N–C) groups is 2. The fraction of sp³-hybridized carbons (Fsp3) is 0.600. The Bertz CT molecular complexity index is 318. The van der Waals surface area contributed by atoms with Gasteiger partial charge in [0.2, 0.25) is 0 Å². The number of rotatable bonds is 0. The molecule has 0 saturated carbocycles. The Balaban J connectivity index is 2.13. The molecule has 0 saturated heterocycles. The minimum Gasteiger partial charge on any atom is -0.458 e. The van der Waals surface area contributed by atoms with Gasteiger partial charge in [-0.1, -0.05) is 6.08 Å². The molecule has 0 unspecified atom stereocenters. The summed E-state index contributed by atoms with van der Waals surface area (Å²) in [6, 6.07) is 0.522. The Kier molecular flexibility index (Phi) is 1.75. The highest BCUT2D eigenvalue weighted by Crippen LogP contribution is 2.23. The number of hydrogen-bond acceptors (Lipinski definition) is 3. The zero-order chi connectivity index (χ0) is 9.47. The highest BCUT2D eigenvalue weighted by molar-refractivity contribution is 6.12. The van der Waals surface area contributed by atoms with Crippen LogP contribution in [0.3, 0.4) is 0 Å². The van der Waals surface area contributed by atoms with Gasteiger partial charge in [-0.15, -0.1) is 0 Å². The number of ether oxygens (including phenoxy) is 1. The Hall–Kier alpha value is -1.12. The van der Waals surface area contributed by atoms with Crippen LogP contribution < -0.4 is 0 Å². The molecule has 0 amide bonds. The lowest BCUT2D eigenvalue weighted by Gasteiger charge is -2.18. The summed E-state index contributed by atoms with van der Waals surface area (Å²) in [5.74, 6) is 0. The molecule has 0 fully saturated rings. The second kappa shape index (κ2) is 2.69. The van der Waals surface area contributed by atoms with Crippen LogP contribution in [0.4, 0.5) is 0 Å². The van der Waals surface area contributed by atoms with Crippen LogP contribution in [0.5, 0.6) is 0 Å². The third kappa shape index (κ3) is 1.79. The zero-order valence-corrected chi connectivity index (χ0v) is 8.29. The third-order valence-corrected chi connectivity index (χ3v) is 1.86. The predicted molar refractivity (Wildman–Crippen MR) is 53.0 cm³/mol. The average molecular weight is 178 g/mol. The smallest absolute Gasteiger partial charge is 0.317 e. The van der Waals surface area contributed by atoms with E-state index in [1.807, 2.05) is 20.8 Å². The van der Waals surface area contributed by atoms with Crippen molar-refractivity contribution in [3.05, 3.63) is 11.8 Å². The molecule has 0 aromatic rings. The van der Waals surface area contributed by atoms with E-state index >= 15 is 0 Å². The average Bonchev–Trinajstić information content (AvgIpc) is 2.40. The fourth-order valence-electron chi connectivity index (χ4n) is 1.38. The topological polar surface area (TPSA) is 34.0 Å². The summed E-state index contributed by atoms with van der Waals surface area (Å²) < 4.78 is 5.56. The van der Waals surface area contributed by atoms with Crippen LogP contribution in [0.25, 0.3) is 0 Å². The standard InChI is InChI=1S/C10H14N2O/c1-10(2,3)13-9-11-7-5-4-6-8(7)12-9/h5H,4,6H2,1-3H3. The molecule has 0 radical (unpaired) electrons. The molecule has 0 N–H and O–H groups in total. The maximum absolute atomic E-state index is 5.56. The molecule has 0 aromatic heterocycles. The monoisotopic (exact) mass is 178 g/mol. The molecule has 13 heavy (non-hydrogen) atoms. The first-order valence-corrected chi connectivity index (χ1v) is 4.60. The van der Waals surface area contributed by atoms with Crippen molar-refractivity contribution in [3.8, 4) is 0 Å². The van der Waals surface area contributed by atoms with Gasteiger partial charge in [0.25, 0.3) is 0 Å². The molecule has 2 aliphatic rings. The number of allylic oxidation sites excluding steroid dienone is 2. The third-order valence-electron chi connectivity index (χ3n) is 1.86. The molecule has 70 valence electrons. The first kappa shape index (κ1) is 8.48. The van der Waals surface area contributed by atoms with Gasteiger partial charge in [0.15, 0.2) is 0 Å². The van der Waals surface area contributed by atoms with Gasteiger partial charge in [0.05, 0.1) is 11.4 Å². The molecule has 0 atom stereocenters. The van der Waals surface area contributed by atoms with Crippen molar-refractivity contribution in [1.82, 2.24) is 0 Å². The lowest BCUT2D eigenvalue weighted by Crippen LogP contribution is -2.22. The molecule has 0 aromatic carbocycles.